The fourth-order valence-electron chi connectivity index (χ4n) is 3.04. The molecule has 0 aliphatic carbocycles. The predicted molar refractivity (Wildman–Crippen MR) is 102 cm³/mol. The highest BCUT2D eigenvalue weighted by molar-refractivity contribution is 7.99. The first-order chi connectivity index (χ1) is 13.1. The zero-order valence-corrected chi connectivity index (χ0v) is 16.3. The fourth-order valence-corrected chi connectivity index (χ4v) is 3.78. The van der Waals surface area contributed by atoms with E-state index in [1.165, 1.54) is 25.2 Å². The van der Waals surface area contributed by atoms with Crippen LogP contribution in [0.25, 0.3) is 0 Å². The summed E-state index contributed by atoms with van der Waals surface area (Å²) < 4.78 is 7.45. The molecule has 0 saturated carbocycles. The summed E-state index contributed by atoms with van der Waals surface area (Å²) in [4.78, 5) is 25.4. The van der Waals surface area contributed by atoms with Crippen LogP contribution in [0.4, 0.5) is 10.7 Å². The Balaban J connectivity index is 1.76. The Morgan fingerprint density at radius 3 is 2.96 bits per heavy atom. The van der Waals surface area contributed by atoms with Crippen LogP contribution < -0.4 is 15.5 Å². The Labute approximate surface area is 161 Å². The third kappa shape index (κ3) is 5.03. The van der Waals surface area contributed by atoms with Crippen molar-refractivity contribution in [2.45, 2.75) is 31.5 Å². The molecule has 10 heteroatoms. The van der Waals surface area contributed by atoms with Crippen LogP contribution >= 0.6 is 11.8 Å². The van der Waals surface area contributed by atoms with Gasteiger partial charge in [0.15, 0.2) is 5.16 Å². The van der Waals surface area contributed by atoms with E-state index < -0.39 is 6.03 Å². The van der Waals surface area contributed by atoms with Gasteiger partial charge in [0.2, 0.25) is 11.9 Å². The van der Waals surface area contributed by atoms with E-state index in [2.05, 4.69) is 32.7 Å². The minimum absolute atomic E-state index is 0.0696. The lowest BCUT2D eigenvalue weighted by atomic mass is 10.0. The molecule has 0 radical (unpaired) electrons. The number of carbonyl (C=O) groups is 2. The highest BCUT2D eigenvalue weighted by Gasteiger charge is 2.24. The molecular formula is C17H24N6O3S. The Hall–Kier alpha value is -2.49. The molecule has 3 amide bonds. The van der Waals surface area contributed by atoms with Gasteiger partial charge in [0, 0.05) is 20.1 Å². The van der Waals surface area contributed by atoms with Crippen LogP contribution in [0.15, 0.2) is 28.0 Å². The highest BCUT2D eigenvalue weighted by Crippen LogP contribution is 2.27. The normalized spacial score (nSPS) is 17.0. The maximum absolute atomic E-state index is 11.9. The first-order valence-electron chi connectivity index (χ1n) is 8.91. The van der Waals surface area contributed by atoms with Gasteiger partial charge in [0.1, 0.15) is 5.76 Å². The zero-order chi connectivity index (χ0) is 19.2. The number of anilines is 1. The van der Waals surface area contributed by atoms with Gasteiger partial charge in [-0.1, -0.05) is 18.7 Å². The second-order valence-corrected chi connectivity index (χ2v) is 7.50. The molecule has 1 saturated heterocycles. The number of thioether (sulfide) groups is 1. The van der Waals surface area contributed by atoms with Crippen LogP contribution in [0.3, 0.4) is 0 Å². The van der Waals surface area contributed by atoms with Gasteiger partial charge in [0.05, 0.1) is 18.6 Å². The van der Waals surface area contributed by atoms with Gasteiger partial charge < -0.3 is 14.6 Å². The molecule has 1 atom stereocenters. The van der Waals surface area contributed by atoms with Gasteiger partial charge in [-0.15, -0.1) is 10.2 Å². The second-order valence-electron chi connectivity index (χ2n) is 6.56. The Bertz CT molecular complexity index is 776. The summed E-state index contributed by atoms with van der Waals surface area (Å²) in [6, 6.07) is 3.21. The van der Waals surface area contributed by atoms with Gasteiger partial charge in [-0.25, -0.2) is 4.79 Å². The third-order valence-electron chi connectivity index (χ3n) is 4.34. The lowest BCUT2D eigenvalue weighted by Crippen LogP contribution is -2.38. The highest BCUT2D eigenvalue weighted by atomic mass is 32.2. The minimum atomic E-state index is -0.527. The molecule has 1 aliphatic heterocycles. The van der Waals surface area contributed by atoms with Gasteiger partial charge in [0.25, 0.3) is 0 Å². The monoisotopic (exact) mass is 392 g/mol. The maximum atomic E-state index is 11.9. The van der Waals surface area contributed by atoms with E-state index in [1.807, 2.05) is 16.7 Å². The van der Waals surface area contributed by atoms with Crippen molar-refractivity contribution in [1.29, 1.82) is 0 Å². The van der Waals surface area contributed by atoms with Crippen LogP contribution in [-0.4, -0.2) is 52.6 Å². The van der Waals surface area contributed by atoms with E-state index >= 15 is 0 Å². The number of amides is 3. The molecule has 0 unspecified atom stereocenters. The summed E-state index contributed by atoms with van der Waals surface area (Å²) in [6.07, 6.45) is 3.96. The van der Waals surface area contributed by atoms with Gasteiger partial charge in [-0.2, -0.15) is 0 Å². The van der Waals surface area contributed by atoms with Crippen molar-refractivity contribution in [2.24, 2.45) is 5.92 Å². The number of aromatic nitrogens is 3. The number of rotatable bonds is 6. The van der Waals surface area contributed by atoms with Crippen molar-refractivity contribution in [3.63, 3.8) is 0 Å². The summed E-state index contributed by atoms with van der Waals surface area (Å²) in [5, 5.41) is 13.9. The molecule has 1 fully saturated rings. The minimum Gasteiger partial charge on any atom is -0.467 e. The molecule has 2 aromatic rings. The van der Waals surface area contributed by atoms with Crippen molar-refractivity contribution in [1.82, 2.24) is 25.4 Å². The number of nitrogens with zero attached hydrogens (tertiary/aromatic N) is 4. The van der Waals surface area contributed by atoms with Crippen molar-refractivity contribution in [3.8, 4) is 0 Å². The molecule has 9 nitrogen and oxygen atoms in total. The molecular weight excluding hydrogens is 368 g/mol. The number of furan rings is 1. The van der Waals surface area contributed by atoms with E-state index in [0.717, 1.165) is 31.2 Å². The number of hydrogen-bond donors (Lipinski definition) is 2. The number of nitrogens with one attached hydrogen (secondary N) is 2. The molecule has 1 aliphatic rings. The Kier molecular flexibility index (Phi) is 6.38. The van der Waals surface area contributed by atoms with E-state index in [1.54, 1.807) is 6.26 Å². The van der Waals surface area contributed by atoms with Crippen LogP contribution in [-0.2, 0) is 11.3 Å². The van der Waals surface area contributed by atoms with E-state index in [9.17, 15) is 9.59 Å². The van der Waals surface area contributed by atoms with E-state index in [0.29, 0.717) is 17.6 Å². The standard InChI is InChI=1S/C17H24N6O3S/c1-12-5-3-7-22(9-12)16-20-21-17(23(16)10-13-6-4-8-26-13)27-11-14(24)19-15(25)18-2/h4,6,8,12H,3,5,7,9-11H2,1-2H3,(H2,18,19,24,25)/t12-/m0/s1. The van der Waals surface area contributed by atoms with Crippen molar-refractivity contribution >= 4 is 29.6 Å². The zero-order valence-electron chi connectivity index (χ0n) is 15.5. The molecule has 3 heterocycles. The Morgan fingerprint density at radius 1 is 1.41 bits per heavy atom. The van der Waals surface area contributed by atoms with Gasteiger partial charge in [-0.3, -0.25) is 14.7 Å². The average molecular weight is 392 g/mol. The van der Waals surface area contributed by atoms with Crippen LogP contribution in [0.2, 0.25) is 0 Å². The molecule has 2 N–H and O–H groups in total. The van der Waals surface area contributed by atoms with Crippen molar-refractivity contribution < 1.29 is 14.0 Å². The number of carbonyl (C=O) groups excluding carboxylic acids is 2. The summed E-state index contributed by atoms with van der Waals surface area (Å²) >= 11 is 1.24. The molecule has 0 bridgehead atoms. The van der Waals surface area contributed by atoms with Crippen molar-refractivity contribution in [2.75, 3.05) is 30.8 Å². The number of hydrogen-bond acceptors (Lipinski definition) is 7. The van der Waals surface area contributed by atoms with Crippen molar-refractivity contribution in [3.05, 3.63) is 24.2 Å². The first kappa shape index (κ1) is 19.3. The van der Waals surface area contributed by atoms with Gasteiger partial charge >= 0.3 is 6.03 Å². The molecule has 3 rings (SSSR count). The number of imide groups is 1. The first-order valence-corrected chi connectivity index (χ1v) is 9.90. The summed E-state index contributed by atoms with van der Waals surface area (Å²) in [7, 11) is 1.46. The predicted octanol–water partition coefficient (Wildman–Crippen LogP) is 1.70. The molecule has 146 valence electrons. The summed E-state index contributed by atoms with van der Waals surface area (Å²) in [5.74, 6) is 1.85. The average Bonchev–Trinajstić information content (AvgIpc) is 3.30. The van der Waals surface area contributed by atoms with Crippen LogP contribution in [0, 0.1) is 5.92 Å². The molecule has 0 spiro atoms. The third-order valence-corrected chi connectivity index (χ3v) is 5.31. The second kappa shape index (κ2) is 8.94. The van der Waals surface area contributed by atoms with Crippen LogP contribution in [0.1, 0.15) is 25.5 Å². The molecule has 2 aromatic heterocycles. The topological polar surface area (TPSA) is 105 Å². The Morgan fingerprint density at radius 2 is 2.26 bits per heavy atom. The lowest BCUT2D eigenvalue weighted by Gasteiger charge is -2.31. The smallest absolute Gasteiger partial charge is 0.321 e. The summed E-state index contributed by atoms with van der Waals surface area (Å²) in [6.45, 7) is 4.58. The number of piperidine rings is 1. The SMILES string of the molecule is CNC(=O)NC(=O)CSc1nnc(N2CCC[C@H](C)C2)n1Cc1ccco1. The largest absolute Gasteiger partial charge is 0.467 e. The molecule has 27 heavy (non-hydrogen) atoms. The summed E-state index contributed by atoms with van der Waals surface area (Å²) in [5.41, 5.74) is 0. The lowest BCUT2D eigenvalue weighted by molar-refractivity contribution is -0.117. The van der Waals surface area contributed by atoms with E-state index in [-0.39, 0.29) is 11.7 Å². The molecule has 0 aromatic carbocycles. The van der Waals surface area contributed by atoms with E-state index in [4.69, 9.17) is 4.42 Å². The van der Waals surface area contributed by atoms with Crippen LogP contribution in [0.5, 0.6) is 0 Å². The fraction of sp³-hybridized carbons (Fsp3) is 0.529. The quantitative estimate of drug-likeness (QED) is 0.721. The van der Waals surface area contributed by atoms with Gasteiger partial charge in [-0.05, 0) is 30.9 Å². The maximum Gasteiger partial charge on any atom is 0.321 e. The number of urea groups is 1.